The summed E-state index contributed by atoms with van der Waals surface area (Å²) in [5.41, 5.74) is 2.04. The number of hydrogen-bond donors (Lipinski definition) is 0. The van der Waals surface area contributed by atoms with Gasteiger partial charge in [-0.2, -0.15) is 0 Å². The van der Waals surface area contributed by atoms with Gasteiger partial charge in [-0.15, -0.1) is 0 Å². The molecule has 1 aliphatic rings. The van der Waals surface area contributed by atoms with Gasteiger partial charge in [-0.3, -0.25) is 9.36 Å². The summed E-state index contributed by atoms with van der Waals surface area (Å²) >= 11 is 1.24. The van der Waals surface area contributed by atoms with Crippen LogP contribution in [0.2, 0.25) is 0 Å². The van der Waals surface area contributed by atoms with Gasteiger partial charge in [0, 0.05) is 5.56 Å². The molecule has 1 aromatic heterocycles. The number of esters is 1. The van der Waals surface area contributed by atoms with Crippen molar-refractivity contribution in [2.45, 2.75) is 19.9 Å². The number of nitrogens with zero attached hydrogens (tertiary/aromatic N) is 2. The van der Waals surface area contributed by atoms with E-state index in [9.17, 15) is 9.59 Å². The van der Waals surface area contributed by atoms with Crippen LogP contribution in [-0.2, 0) is 9.53 Å². The van der Waals surface area contributed by atoms with Crippen molar-refractivity contribution in [2.24, 2.45) is 4.99 Å². The molecule has 0 bridgehead atoms. The number of carbonyl (C=O) groups is 1. The molecule has 8 nitrogen and oxygen atoms in total. The van der Waals surface area contributed by atoms with Gasteiger partial charge in [0.15, 0.2) is 16.3 Å². The summed E-state index contributed by atoms with van der Waals surface area (Å²) in [6.45, 7) is 3.73. The Morgan fingerprint density at radius 2 is 1.77 bits per heavy atom. The molecule has 4 rings (SSSR count). The fourth-order valence-corrected chi connectivity index (χ4v) is 5.16. The SMILES string of the molecule is CCOC(=O)C1=C(C)N=c2s/c(=C\c3ccc(OC)c(OC)c3OC)c(=O)n2[C@@H]1c1ccccc1. The molecule has 182 valence electrons. The molecule has 35 heavy (non-hydrogen) atoms. The monoisotopic (exact) mass is 494 g/mol. The summed E-state index contributed by atoms with van der Waals surface area (Å²) in [5, 5.41) is 0. The Hall–Kier alpha value is -3.85. The van der Waals surface area contributed by atoms with Crippen molar-refractivity contribution in [1.82, 2.24) is 4.57 Å². The van der Waals surface area contributed by atoms with Crippen LogP contribution in [0.25, 0.3) is 6.08 Å². The van der Waals surface area contributed by atoms with Crippen molar-refractivity contribution in [1.29, 1.82) is 0 Å². The molecule has 9 heteroatoms. The van der Waals surface area contributed by atoms with Crippen molar-refractivity contribution in [2.75, 3.05) is 27.9 Å². The van der Waals surface area contributed by atoms with E-state index in [1.807, 2.05) is 30.3 Å². The van der Waals surface area contributed by atoms with E-state index in [1.165, 1.54) is 25.6 Å². The van der Waals surface area contributed by atoms with Crippen LogP contribution >= 0.6 is 11.3 Å². The first-order valence-corrected chi connectivity index (χ1v) is 11.8. The Morgan fingerprint density at radius 3 is 2.40 bits per heavy atom. The van der Waals surface area contributed by atoms with Gasteiger partial charge in [0.1, 0.15) is 0 Å². The fraction of sp³-hybridized carbons (Fsp3) is 0.269. The Balaban J connectivity index is 1.96. The molecule has 0 saturated heterocycles. The molecule has 0 amide bonds. The van der Waals surface area contributed by atoms with E-state index in [0.29, 0.717) is 43.4 Å². The van der Waals surface area contributed by atoms with Crippen molar-refractivity contribution in [3.05, 3.63) is 84.5 Å². The second-order valence-electron chi connectivity index (χ2n) is 7.64. The van der Waals surface area contributed by atoms with E-state index in [2.05, 4.69) is 4.99 Å². The molecule has 0 unspecified atom stereocenters. The lowest BCUT2D eigenvalue weighted by molar-refractivity contribution is -0.139. The molecule has 3 aromatic rings. The normalized spacial score (nSPS) is 15.3. The lowest BCUT2D eigenvalue weighted by Crippen LogP contribution is -2.39. The van der Waals surface area contributed by atoms with Gasteiger partial charge in [-0.1, -0.05) is 41.7 Å². The zero-order valence-corrected chi connectivity index (χ0v) is 21.0. The summed E-state index contributed by atoms with van der Waals surface area (Å²) < 4.78 is 23.7. The highest BCUT2D eigenvalue weighted by Crippen LogP contribution is 2.40. The maximum absolute atomic E-state index is 13.7. The van der Waals surface area contributed by atoms with Crippen LogP contribution in [0.1, 0.15) is 31.0 Å². The lowest BCUT2D eigenvalue weighted by atomic mass is 9.96. The lowest BCUT2D eigenvalue weighted by Gasteiger charge is -2.24. The minimum atomic E-state index is -0.652. The average Bonchev–Trinajstić information content (AvgIpc) is 3.17. The highest BCUT2D eigenvalue weighted by molar-refractivity contribution is 7.07. The van der Waals surface area contributed by atoms with E-state index in [0.717, 1.165) is 5.56 Å². The molecule has 0 aliphatic carbocycles. The predicted octanol–water partition coefficient (Wildman–Crippen LogP) is 2.82. The maximum Gasteiger partial charge on any atom is 0.338 e. The van der Waals surface area contributed by atoms with E-state index < -0.39 is 12.0 Å². The molecule has 2 heterocycles. The average molecular weight is 495 g/mol. The first kappa shape index (κ1) is 24.3. The number of benzene rings is 2. The quantitative estimate of drug-likeness (QED) is 0.470. The maximum atomic E-state index is 13.7. The smallest absolute Gasteiger partial charge is 0.338 e. The molecule has 1 aliphatic heterocycles. The van der Waals surface area contributed by atoms with Gasteiger partial charge in [-0.25, -0.2) is 9.79 Å². The van der Waals surface area contributed by atoms with Crippen LogP contribution in [0.4, 0.5) is 0 Å². The Kier molecular flexibility index (Phi) is 7.07. The third-order valence-electron chi connectivity index (χ3n) is 5.65. The highest BCUT2D eigenvalue weighted by Gasteiger charge is 2.33. The Bertz CT molecular complexity index is 1470. The van der Waals surface area contributed by atoms with E-state index in [4.69, 9.17) is 18.9 Å². The second kappa shape index (κ2) is 10.2. The largest absolute Gasteiger partial charge is 0.493 e. The van der Waals surface area contributed by atoms with Gasteiger partial charge in [-0.05, 0) is 37.6 Å². The van der Waals surface area contributed by atoms with Crippen molar-refractivity contribution < 1.29 is 23.7 Å². The first-order chi connectivity index (χ1) is 16.9. The van der Waals surface area contributed by atoms with Crippen LogP contribution in [0.15, 0.2) is 63.5 Å². The summed E-state index contributed by atoms with van der Waals surface area (Å²) in [4.78, 5) is 31.7. The number of thiazole rings is 1. The van der Waals surface area contributed by atoms with Crippen molar-refractivity contribution in [3.63, 3.8) is 0 Å². The van der Waals surface area contributed by atoms with Gasteiger partial charge in [0.05, 0.1) is 49.8 Å². The molecule has 0 spiro atoms. The summed E-state index contributed by atoms with van der Waals surface area (Å²) in [5.74, 6) is 0.903. The molecule has 0 radical (unpaired) electrons. The summed E-state index contributed by atoms with van der Waals surface area (Å²) in [6, 6.07) is 12.3. The van der Waals surface area contributed by atoms with Gasteiger partial charge in [0.25, 0.3) is 5.56 Å². The van der Waals surface area contributed by atoms with Crippen LogP contribution in [0, 0.1) is 0 Å². The number of ether oxygens (including phenoxy) is 4. The molecule has 2 aromatic carbocycles. The molecule has 0 fully saturated rings. The molecular formula is C26H26N2O6S. The van der Waals surface area contributed by atoms with Crippen LogP contribution in [0.3, 0.4) is 0 Å². The summed E-state index contributed by atoms with van der Waals surface area (Å²) in [7, 11) is 4.60. The molecular weight excluding hydrogens is 468 g/mol. The summed E-state index contributed by atoms with van der Waals surface area (Å²) in [6.07, 6.45) is 1.73. The third kappa shape index (κ3) is 4.35. The highest BCUT2D eigenvalue weighted by atomic mass is 32.1. The van der Waals surface area contributed by atoms with Crippen molar-refractivity contribution >= 4 is 23.4 Å². The van der Waals surface area contributed by atoms with E-state index in [1.54, 1.807) is 43.7 Å². The van der Waals surface area contributed by atoms with Gasteiger partial charge < -0.3 is 18.9 Å². The number of methoxy groups -OCH3 is 3. The number of carbonyl (C=O) groups excluding carboxylic acids is 1. The standard InChI is InChI=1S/C26H26N2O6S/c1-6-34-25(30)20-15(2)27-26-28(21(20)16-10-8-7-9-11-16)24(29)19(35-26)14-17-12-13-18(31-3)23(33-5)22(17)32-4/h7-14,21H,6H2,1-5H3/b19-14-/t21-/m1/s1. The van der Waals surface area contributed by atoms with Crippen molar-refractivity contribution in [3.8, 4) is 17.2 Å². The Labute approximate surface area is 206 Å². The predicted molar refractivity (Wildman–Crippen MR) is 133 cm³/mol. The van der Waals surface area contributed by atoms with E-state index in [-0.39, 0.29) is 12.2 Å². The second-order valence-corrected chi connectivity index (χ2v) is 8.65. The number of aromatic nitrogens is 1. The molecule has 1 atom stereocenters. The number of hydrogen-bond acceptors (Lipinski definition) is 8. The molecule has 0 N–H and O–H groups in total. The fourth-order valence-electron chi connectivity index (χ4n) is 4.12. The Morgan fingerprint density at radius 1 is 1.06 bits per heavy atom. The number of fused-ring (bicyclic) bond motifs is 1. The molecule has 0 saturated carbocycles. The number of allylic oxidation sites excluding steroid dienone is 1. The minimum Gasteiger partial charge on any atom is -0.493 e. The first-order valence-electron chi connectivity index (χ1n) is 11.0. The van der Waals surface area contributed by atoms with Crippen LogP contribution in [0.5, 0.6) is 17.2 Å². The zero-order valence-electron chi connectivity index (χ0n) is 20.2. The minimum absolute atomic E-state index is 0.223. The third-order valence-corrected chi connectivity index (χ3v) is 6.64. The van der Waals surface area contributed by atoms with E-state index >= 15 is 0 Å². The zero-order chi connectivity index (χ0) is 25.1. The topological polar surface area (TPSA) is 88.4 Å². The number of rotatable bonds is 7. The van der Waals surface area contributed by atoms with Gasteiger partial charge >= 0.3 is 5.97 Å². The van der Waals surface area contributed by atoms with Crippen LogP contribution in [-0.4, -0.2) is 38.5 Å². The van der Waals surface area contributed by atoms with Gasteiger partial charge in [0.2, 0.25) is 5.75 Å². The van der Waals surface area contributed by atoms with Crippen LogP contribution < -0.4 is 29.1 Å².